The van der Waals surface area contributed by atoms with Crippen molar-refractivity contribution in [3.63, 3.8) is 0 Å². The molecule has 1 aromatic carbocycles. The molecule has 4 nitrogen and oxygen atoms in total. The van der Waals surface area contributed by atoms with E-state index >= 15 is 0 Å². The molecule has 0 saturated heterocycles. The standard InChI is InChI=1S/C13H20FNO3/c1-16-7-8-17-5-2-6-18-12-4-3-11(10-15)13(14)9-12/h3-4,9H,2,5-8,10,15H2,1H3. The first-order valence-corrected chi connectivity index (χ1v) is 5.96. The Kier molecular flexibility index (Phi) is 7.32. The van der Waals surface area contributed by atoms with Gasteiger partial charge in [0.05, 0.1) is 19.8 Å². The number of hydrogen-bond donors (Lipinski definition) is 1. The molecular weight excluding hydrogens is 237 g/mol. The van der Waals surface area contributed by atoms with Crippen LogP contribution in [0.25, 0.3) is 0 Å². The van der Waals surface area contributed by atoms with Crippen molar-refractivity contribution < 1.29 is 18.6 Å². The quantitative estimate of drug-likeness (QED) is 0.684. The van der Waals surface area contributed by atoms with Gasteiger partial charge in [-0.15, -0.1) is 0 Å². The van der Waals surface area contributed by atoms with Crippen molar-refractivity contribution in [3.8, 4) is 5.75 Å². The van der Waals surface area contributed by atoms with Gasteiger partial charge in [0.1, 0.15) is 11.6 Å². The zero-order valence-corrected chi connectivity index (χ0v) is 10.7. The van der Waals surface area contributed by atoms with Gasteiger partial charge in [0.2, 0.25) is 0 Å². The number of hydrogen-bond acceptors (Lipinski definition) is 4. The van der Waals surface area contributed by atoms with Crippen molar-refractivity contribution >= 4 is 0 Å². The summed E-state index contributed by atoms with van der Waals surface area (Å²) >= 11 is 0. The summed E-state index contributed by atoms with van der Waals surface area (Å²) in [6.45, 7) is 2.46. The fourth-order valence-corrected chi connectivity index (χ4v) is 1.38. The SMILES string of the molecule is COCCOCCCOc1ccc(CN)c(F)c1. The lowest BCUT2D eigenvalue weighted by atomic mass is 10.2. The lowest BCUT2D eigenvalue weighted by molar-refractivity contribution is 0.0644. The molecule has 0 spiro atoms. The summed E-state index contributed by atoms with van der Waals surface area (Å²) in [5.74, 6) is 0.188. The van der Waals surface area contributed by atoms with E-state index in [-0.39, 0.29) is 12.4 Å². The maximum Gasteiger partial charge on any atom is 0.131 e. The van der Waals surface area contributed by atoms with Crippen LogP contribution in [0.3, 0.4) is 0 Å². The van der Waals surface area contributed by atoms with E-state index in [9.17, 15) is 4.39 Å². The van der Waals surface area contributed by atoms with Crippen molar-refractivity contribution in [2.75, 3.05) is 33.5 Å². The van der Waals surface area contributed by atoms with Gasteiger partial charge >= 0.3 is 0 Å². The molecule has 1 aromatic rings. The average molecular weight is 257 g/mol. The van der Waals surface area contributed by atoms with Crippen LogP contribution in [0.4, 0.5) is 4.39 Å². The molecule has 2 N–H and O–H groups in total. The summed E-state index contributed by atoms with van der Waals surface area (Å²) in [4.78, 5) is 0. The molecule has 18 heavy (non-hydrogen) atoms. The van der Waals surface area contributed by atoms with E-state index in [0.717, 1.165) is 6.42 Å². The Morgan fingerprint density at radius 1 is 1.17 bits per heavy atom. The van der Waals surface area contributed by atoms with Gasteiger partial charge in [-0.3, -0.25) is 0 Å². The second-order valence-corrected chi connectivity index (χ2v) is 3.76. The first-order valence-electron chi connectivity index (χ1n) is 5.96. The maximum absolute atomic E-state index is 13.4. The van der Waals surface area contributed by atoms with Gasteiger partial charge in [-0.25, -0.2) is 4.39 Å². The Morgan fingerprint density at radius 2 is 2.00 bits per heavy atom. The van der Waals surface area contributed by atoms with Gasteiger partial charge in [0.15, 0.2) is 0 Å². The van der Waals surface area contributed by atoms with Gasteiger partial charge in [0.25, 0.3) is 0 Å². The van der Waals surface area contributed by atoms with Gasteiger partial charge in [0, 0.05) is 38.3 Å². The predicted octanol–water partition coefficient (Wildman–Crippen LogP) is 1.72. The smallest absolute Gasteiger partial charge is 0.131 e. The molecule has 0 aliphatic rings. The minimum Gasteiger partial charge on any atom is -0.493 e. The molecule has 102 valence electrons. The lowest BCUT2D eigenvalue weighted by Gasteiger charge is -2.08. The van der Waals surface area contributed by atoms with Crippen LogP contribution in [-0.2, 0) is 16.0 Å². The van der Waals surface area contributed by atoms with Crippen LogP contribution < -0.4 is 10.5 Å². The molecule has 0 bridgehead atoms. The summed E-state index contributed by atoms with van der Waals surface area (Å²) < 4.78 is 28.9. The van der Waals surface area contributed by atoms with E-state index in [4.69, 9.17) is 19.9 Å². The largest absolute Gasteiger partial charge is 0.493 e. The third kappa shape index (κ3) is 5.44. The molecule has 0 atom stereocenters. The Bertz CT molecular complexity index is 347. The molecule has 0 amide bonds. The monoisotopic (exact) mass is 257 g/mol. The summed E-state index contributed by atoms with van der Waals surface area (Å²) in [5.41, 5.74) is 5.86. The highest BCUT2D eigenvalue weighted by atomic mass is 19.1. The van der Waals surface area contributed by atoms with Crippen LogP contribution in [-0.4, -0.2) is 33.5 Å². The van der Waals surface area contributed by atoms with Crippen molar-refractivity contribution in [3.05, 3.63) is 29.6 Å². The van der Waals surface area contributed by atoms with Gasteiger partial charge in [-0.1, -0.05) is 6.07 Å². The average Bonchev–Trinajstić information content (AvgIpc) is 2.38. The molecule has 0 fully saturated rings. The van der Waals surface area contributed by atoms with E-state index in [1.807, 2.05) is 0 Å². The number of ether oxygens (including phenoxy) is 3. The summed E-state index contributed by atoms with van der Waals surface area (Å²) in [7, 11) is 1.63. The highest BCUT2D eigenvalue weighted by Crippen LogP contribution is 2.16. The zero-order valence-electron chi connectivity index (χ0n) is 10.7. The molecule has 0 radical (unpaired) electrons. The Balaban J connectivity index is 2.17. The minimum absolute atomic E-state index is 0.194. The van der Waals surface area contributed by atoms with Crippen LogP contribution in [0.15, 0.2) is 18.2 Å². The summed E-state index contributed by atoms with van der Waals surface area (Å²) in [6, 6.07) is 4.71. The first-order chi connectivity index (χ1) is 8.77. The van der Waals surface area contributed by atoms with Crippen molar-refractivity contribution in [2.45, 2.75) is 13.0 Å². The van der Waals surface area contributed by atoms with Crippen LogP contribution in [0.5, 0.6) is 5.75 Å². The second-order valence-electron chi connectivity index (χ2n) is 3.76. The van der Waals surface area contributed by atoms with Crippen LogP contribution >= 0.6 is 0 Å². The maximum atomic E-state index is 13.4. The second kappa shape index (κ2) is 8.85. The fourth-order valence-electron chi connectivity index (χ4n) is 1.38. The lowest BCUT2D eigenvalue weighted by Crippen LogP contribution is -2.07. The van der Waals surface area contributed by atoms with Crippen LogP contribution in [0, 0.1) is 5.82 Å². The highest BCUT2D eigenvalue weighted by molar-refractivity contribution is 5.28. The van der Waals surface area contributed by atoms with E-state index < -0.39 is 0 Å². The van der Waals surface area contributed by atoms with Gasteiger partial charge in [-0.2, -0.15) is 0 Å². The Labute approximate surface area is 107 Å². The van der Waals surface area contributed by atoms with Gasteiger partial charge in [-0.05, 0) is 6.07 Å². The van der Waals surface area contributed by atoms with Crippen LogP contribution in [0.1, 0.15) is 12.0 Å². The number of methoxy groups -OCH3 is 1. The normalized spacial score (nSPS) is 10.6. The van der Waals surface area contributed by atoms with Crippen molar-refractivity contribution in [2.24, 2.45) is 5.73 Å². The third-order valence-corrected chi connectivity index (χ3v) is 2.38. The molecule has 0 unspecified atom stereocenters. The minimum atomic E-state index is -0.327. The van der Waals surface area contributed by atoms with E-state index in [0.29, 0.717) is 37.7 Å². The molecule has 0 aromatic heterocycles. The van der Waals surface area contributed by atoms with Crippen LogP contribution in [0.2, 0.25) is 0 Å². The number of halogens is 1. The molecule has 0 aliphatic heterocycles. The number of nitrogens with two attached hydrogens (primary N) is 1. The summed E-state index contributed by atoms with van der Waals surface area (Å²) in [5, 5.41) is 0. The molecule has 1 rings (SSSR count). The first kappa shape index (κ1) is 14.9. The van der Waals surface area contributed by atoms with E-state index in [2.05, 4.69) is 0 Å². The number of benzene rings is 1. The molecular formula is C13H20FNO3. The zero-order chi connectivity index (χ0) is 13.2. The third-order valence-electron chi connectivity index (χ3n) is 2.38. The van der Waals surface area contributed by atoms with Crippen molar-refractivity contribution in [1.29, 1.82) is 0 Å². The van der Waals surface area contributed by atoms with Crippen molar-refractivity contribution in [1.82, 2.24) is 0 Å². The highest BCUT2D eigenvalue weighted by Gasteiger charge is 2.02. The molecule has 5 heteroatoms. The fraction of sp³-hybridized carbons (Fsp3) is 0.538. The number of rotatable bonds is 9. The molecule has 0 heterocycles. The topological polar surface area (TPSA) is 53.7 Å². The molecule has 0 saturated carbocycles. The molecule has 0 aliphatic carbocycles. The Hall–Kier alpha value is -1.17. The van der Waals surface area contributed by atoms with Gasteiger partial charge < -0.3 is 19.9 Å². The van der Waals surface area contributed by atoms with E-state index in [1.165, 1.54) is 6.07 Å². The Morgan fingerprint density at radius 3 is 2.67 bits per heavy atom. The summed E-state index contributed by atoms with van der Waals surface area (Å²) in [6.07, 6.45) is 0.754. The van der Waals surface area contributed by atoms with E-state index in [1.54, 1.807) is 19.2 Å². The predicted molar refractivity (Wildman–Crippen MR) is 67.1 cm³/mol.